The van der Waals surface area contributed by atoms with Crippen molar-refractivity contribution >= 4 is 17.3 Å². The summed E-state index contributed by atoms with van der Waals surface area (Å²) in [5, 5.41) is 9.65. The lowest BCUT2D eigenvalue weighted by Crippen LogP contribution is -2.39. The van der Waals surface area contributed by atoms with Crippen LogP contribution in [0.2, 0.25) is 0 Å². The van der Waals surface area contributed by atoms with Crippen LogP contribution in [0.5, 0.6) is 0 Å². The normalized spacial score (nSPS) is 14.2. The van der Waals surface area contributed by atoms with E-state index in [-0.39, 0.29) is 17.2 Å². The van der Waals surface area contributed by atoms with Crippen LogP contribution in [0.1, 0.15) is 35.5 Å². The zero-order valence-electron chi connectivity index (χ0n) is 18.8. The predicted molar refractivity (Wildman–Crippen MR) is 124 cm³/mol. The lowest BCUT2D eigenvalue weighted by molar-refractivity contribution is 0.102. The Kier molecular flexibility index (Phi) is 6.24. The highest BCUT2D eigenvalue weighted by atomic mass is 19.1. The van der Waals surface area contributed by atoms with Crippen molar-refractivity contribution in [1.82, 2.24) is 15.2 Å². The van der Waals surface area contributed by atoms with E-state index in [2.05, 4.69) is 20.5 Å². The van der Waals surface area contributed by atoms with Crippen LogP contribution in [0.3, 0.4) is 0 Å². The number of pyridine rings is 1. The smallest absolute Gasteiger partial charge is 0.287 e. The Bertz CT molecular complexity index is 1230. The van der Waals surface area contributed by atoms with Gasteiger partial charge >= 0.3 is 0 Å². The fourth-order valence-electron chi connectivity index (χ4n) is 3.65. The van der Waals surface area contributed by atoms with E-state index in [0.29, 0.717) is 48.9 Å². The summed E-state index contributed by atoms with van der Waals surface area (Å²) >= 11 is 0. The standard InChI is InChI=1S/C24H26FN5O3/c1-15-4-5-17(27-22(31)16-6-7-26-21(12-16)24(2,3)25)13-18(15)19-14-20(23(32)29-28-19)30-8-10-33-11-9-30/h4-7,12-14H,8-11H2,1-3H3,(H,27,31)(H,29,32). The fourth-order valence-corrected chi connectivity index (χ4v) is 3.65. The van der Waals surface area contributed by atoms with Gasteiger partial charge in [-0.1, -0.05) is 6.07 Å². The number of aromatic amines is 1. The summed E-state index contributed by atoms with van der Waals surface area (Å²) in [4.78, 5) is 31.1. The van der Waals surface area contributed by atoms with E-state index in [9.17, 15) is 14.0 Å². The first kappa shape index (κ1) is 22.6. The Hall–Kier alpha value is -3.59. The van der Waals surface area contributed by atoms with Crippen molar-refractivity contribution in [2.24, 2.45) is 0 Å². The van der Waals surface area contributed by atoms with Crippen molar-refractivity contribution in [3.05, 3.63) is 69.8 Å². The number of ether oxygens (including phenoxy) is 1. The number of halogens is 1. The summed E-state index contributed by atoms with van der Waals surface area (Å²) < 4.78 is 19.6. The van der Waals surface area contributed by atoms with Crippen LogP contribution in [0.15, 0.2) is 47.4 Å². The quantitative estimate of drug-likeness (QED) is 0.617. The molecule has 1 saturated heterocycles. The molecule has 2 N–H and O–H groups in total. The zero-order chi connectivity index (χ0) is 23.6. The molecular weight excluding hydrogens is 425 g/mol. The number of anilines is 2. The summed E-state index contributed by atoms with van der Waals surface area (Å²) in [6, 6.07) is 10.2. The molecule has 3 aromatic rings. The van der Waals surface area contributed by atoms with Crippen LogP contribution in [0.4, 0.5) is 15.8 Å². The molecule has 4 rings (SSSR count). The minimum atomic E-state index is -1.65. The Morgan fingerprint density at radius 2 is 1.94 bits per heavy atom. The molecule has 0 saturated carbocycles. The third-order valence-electron chi connectivity index (χ3n) is 5.54. The number of carbonyl (C=O) groups excluding carboxylic acids is 1. The number of benzene rings is 1. The molecule has 1 fully saturated rings. The van der Waals surface area contributed by atoms with E-state index in [4.69, 9.17) is 4.74 Å². The number of nitrogens with one attached hydrogen (secondary N) is 2. The van der Waals surface area contributed by atoms with Gasteiger partial charge in [0.15, 0.2) is 0 Å². The minimum absolute atomic E-state index is 0.188. The Labute approximate surface area is 190 Å². The van der Waals surface area contributed by atoms with E-state index < -0.39 is 5.67 Å². The van der Waals surface area contributed by atoms with Gasteiger partial charge < -0.3 is 15.0 Å². The first-order valence-electron chi connectivity index (χ1n) is 10.7. The highest BCUT2D eigenvalue weighted by Crippen LogP contribution is 2.27. The molecule has 0 spiro atoms. The molecule has 1 aliphatic rings. The molecule has 0 aliphatic carbocycles. The number of hydrogen-bond acceptors (Lipinski definition) is 6. The molecule has 172 valence electrons. The molecule has 0 radical (unpaired) electrons. The lowest BCUT2D eigenvalue weighted by Gasteiger charge is -2.28. The van der Waals surface area contributed by atoms with Crippen LogP contribution in [-0.4, -0.2) is 47.4 Å². The molecular formula is C24H26FN5O3. The molecule has 0 unspecified atom stereocenters. The Balaban J connectivity index is 1.61. The van der Waals surface area contributed by atoms with Gasteiger partial charge in [-0.3, -0.25) is 14.6 Å². The topological polar surface area (TPSA) is 100 Å². The van der Waals surface area contributed by atoms with Crippen LogP contribution >= 0.6 is 0 Å². The van der Waals surface area contributed by atoms with E-state index in [1.807, 2.05) is 17.9 Å². The number of nitrogens with zero attached hydrogens (tertiary/aromatic N) is 3. The Morgan fingerprint density at radius 3 is 2.67 bits per heavy atom. The van der Waals surface area contributed by atoms with Crippen LogP contribution in [0.25, 0.3) is 11.3 Å². The second kappa shape index (κ2) is 9.11. The summed E-state index contributed by atoms with van der Waals surface area (Å²) in [7, 11) is 0. The van der Waals surface area contributed by atoms with Crippen LogP contribution in [0, 0.1) is 6.92 Å². The van der Waals surface area contributed by atoms with Gasteiger partial charge in [0.25, 0.3) is 11.5 Å². The van der Waals surface area contributed by atoms with Crippen molar-refractivity contribution in [1.29, 1.82) is 0 Å². The van der Waals surface area contributed by atoms with Gasteiger partial charge in [0.2, 0.25) is 0 Å². The van der Waals surface area contributed by atoms with Gasteiger partial charge in [0.1, 0.15) is 11.4 Å². The van der Waals surface area contributed by atoms with Crippen molar-refractivity contribution in [3.8, 4) is 11.3 Å². The van der Waals surface area contributed by atoms with E-state index in [1.165, 1.54) is 32.2 Å². The maximum absolute atomic E-state index is 14.2. The van der Waals surface area contributed by atoms with Gasteiger partial charge in [0.05, 0.1) is 24.6 Å². The highest BCUT2D eigenvalue weighted by Gasteiger charge is 2.22. The number of H-pyrrole nitrogens is 1. The number of aromatic nitrogens is 3. The number of morpholine rings is 1. The van der Waals surface area contributed by atoms with Crippen molar-refractivity contribution in [2.75, 3.05) is 36.5 Å². The van der Waals surface area contributed by atoms with Crippen molar-refractivity contribution in [2.45, 2.75) is 26.4 Å². The number of aryl methyl sites for hydroxylation is 1. The monoisotopic (exact) mass is 451 g/mol. The summed E-state index contributed by atoms with van der Waals surface area (Å²) in [6.07, 6.45) is 1.42. The third kappa shape index (κ3) is 5.09. The molecule has 0 bridgehead atoms. The molecule has 1 aliphatic heterocycles. The van der Waals surface area contributed by atoms with Gasteiger partial charge in [-0.25, -0.2) is 9.49 Å². The maximum Gasteiger partial charge on any atom is 0.287 e. The van der Waals surface area contributed by atoms with Crippen molar-refractivity contribution in [3.63, 3.8) is 0 Å². The highest BCUT2D eigenvalue weighted by molar-refractivity contribution is 6.04. The molecule has 3 heterocycles. The molecule has 1 aromatic carbocycles. The minimum Gasteiger partial charge on any atom is -0.378 e. The first-order valence-corrected chi connectivity index (χ1v) is 10.7. The average Bonchev–Trinajstić information content (AvgIpc) is 2.81. The second-order valence-electron chi connectivity index (χ2n) is 8.45. The zero-order valence-corrected chi connectivity index (χ0v) is 18.8. The van der Waals surface area contributed by atoms with Gasteiger partial charge in [0, 0.05) is 36.1 Å². The molecule has 0 atom stereocenters. The molecule has 9 heteroatoms. The summed E-state index contributed by atoms with van der Waals surface area (Å²) in [5.74, 6) is -0.374. The Morgan fingerprint density at radius 1 is 1.18 bits per heavy atom. The average molecular weight is 452 g/mol. The summed E-state index contributed by atoms with van der Waals surface area (Å²) in [6.45, 7) is 7.11. The van der Waals surface area contributed by atoms with Crippen LogP contribution in [-0.2, 0) is 10.4 Å². The third-order valence-corrected chi connectivity index (χ3v) is 5.54. The fraction of sp³-hybridized carbons (Fsp3) is 0.333. The number of hydrogen-bond donors (Lipinski definition) is 2. The van der Waals surface area contributed by atoms with Crippen LogP contribution < -0.4 is 15.8 Å². The number of carbonyl (C=O) groups is 1. The number of alkyl halides is 1. The van der Waals surface area contributed by atoms with Crippen molar-refractivity contribution < 1.29 is 13.9 Å². The first-order chi connectivity index (χ1) is 15.7. The van der Waals surface area contributed by atoms with E-state index >= 15 is 0 Å². The molecule has 33 heavy (non-hydrogen) atoms. The maximum atomic E-state index is 14.2. The molecule has 2 aromatic heterocycles. The molecule has 8 nitrogen and oxygen atoms in total. The van der Waals surface area contributed by atoms with Gasteiger partial charge in [-0.05, 0) is 56.7 Å². The van der Waals surface area contributed by atoms with Gasteiger partial charge in [-0.15, -0.1) is 0 Å². The SMILES string of the molecule is Cc1ccc(NC(=O)c2ccnc(C(C)(C)F)c2)cc1-c1cc(N2CCOCC2)c(=O)[nH]n1. The van der Waals surface area contributed by atoms with E-state index in [1.54, 1.807) is 18.2 Å². The second-order valence-corrected chi connectivity index (χ2v) is 8.45. The summed E-state index contributed by atoms with van der Waals surface area (Å²) in [5.41, 5.74) is 1.99. The molecule has 1 amide bonds. The largest absolute Gasteiger partial charge is 0.378 e. The number of rotatable bonds is 5. The predicted octanol–water partition coefficient (Wildman–Crippen LogP) is 3.43. The lowest BCUT2D eigenvalue weighted by atomic mass is 10.0. The number of amides is 1. The van der Waals surface area contributed by atoms with Gasteiger partial charge in [-0.2, -0.15) is 5.10 Å². The van der Waals surface area contributed by atoms with E-state index in [0.717, 1.165) is 11.1 Å².